The Hall–Kier alpha value is -2.93. The van der Waals surface area contributed by atoms with Crippen molar-refractivity contribution in [1.82, 2.24) is 9.80 Å². The molecule has 1 aromatic heterocycles. The first-order chi connectivity index (χ1) is 13.5. The Morgan fingerprint density at radius 3 is 2.46 bits per heavy atom. The molecule has 28 heavy (non-hydrogen) atoms. The van der Waals surface area contributed by atoms with Crippen molar-refractivity contribution in [3.63, 3.8) is 0 Å². The van der Waals surface area contributed by atoms with E-state index in [1.54, 1.807) is 17.0 Å². The number of carbonyl (C=O) groups excluding carboxylic acids is 3. The van der Waals surface area contributed by atoms with Gasteiger partial charge in [0.05, 0.1) is 24.4 Å². The number of anilines is 1. The van der Waals surface area contributed by atoms with E-state index in [4.69, 9.17) is 4.42 Å². The molecule has 2 fully saturated rings. The quantitative estimate of drug-likeness (QED) is 0.760. The molecular weight excluding hydrogens is 358 g/mol. The number of hydrogen-bond acceptors (Lipinski definition) is 5. The van der Waals surface area contributed by atoms with Crippen LogP contribution < -0.4 is 4.90 Å². The molecule has 146 valence electrons. The number of carbonyl (C=O) groups is 3. The van der Waals surface area contributed by atoms with Gasteiger partial charge in [-0.15, -0.1) is 0 Å². The SMILES string of the molecule is Cc1ccc(N2C(=O)C[C@@H](N3CCN(C(=O)c4ccco4)CC3)C2=O)c(C)c1. The second-order valence-electron chi connectivity index (χ2n) is 7.38. The van der Waals surface area contributed by atoms with Crippen LogP contribution in [0.25, 0.3) is 0 Å². The number of imide groups is 1. The van der Waals surface area contributed by atoms with Crippen LogP contribution in [0.4, 0.5) is 5.69 Å². The summed E-state index contributed by atoms with van der Waals surface area (Å²) in [5, 5.41) is 0. The Bertz CT molecular complexity index is 914. The number of furan rings is 1. The molecule has 0 spiro atoms. The predicted octanol–water partition coefficient (Wildman–Crippen LogP) is 1.99. The van der Waals surface area contributed by atoms with E-state index in [0.717, 1.165) is 11.1 Å². The van der Waals surface area contributed by atoms with Crippen molar-refractivity contribution in [2.75, 3.05) is 31.1 Å². The van der Waals surface area contributed by atoms with E-state index < -0.39 is 6.04 Å². The molecule has 3 amide bonds. The van der Waals surface area contributed by atoms with E-state index in [9.17, 15) is 14.4 Å². The van der Waals surface area contributed by atoms with Crippen LogP contribution in [0.1, 0.15) is 28.1 Å². The maximum Gasteiger partial charge on any atom is 0.289 e. The van der Waals surface area contributed by atoms with Gasteiger partial charge in [-0.05, 0) is 37.6 Å². The number of benzene rings is 1. The largest absolute Gasteiger partial charge is 0.459 e. The highest BCUT2D eigenvalue weighted by molar-refractivity contribution is 6.22. The summed E-state index contributed by atoms with van der Waals surface area (Å²) in [7, 11) is 0. The monoisotopic (exact) mass is 381 g/mol. The molecule has 0 saturated carbocycles. The molecule has 1 aromatic carbocycles. The van der Waals surface area contributed by atoms with Crippen molar-refractivity contribution in [2.45, 2.75) is 26.3 Å². The molecule has 7 heteroatoms. The lowest BCUT2D eigenvalue weighted by molar-refractivity contribution is -0.123. The minimum Gasteiger partial charge on any atom is -0.459 e. The van der Waals surface area contributed by atoms with E-state index in [1.807, 2.05) is 36.9 Å². The number of aryl methyl sites for hydroxylation is 2. The van der Waals surface area contributed by atoms with Crippen molar-refractivity contribution in [2.24, 2.45) is 0 Å². The Kier molecular flexibility index (Phi) is 4.77. The van der Waals surface area contributed by atoms with E-state index in [0.29, 0.717) is 37.6 Å². The summed E-state index contributed by atoms with van der Waals surface area (Å²) >= 11 is 0. The molecule has 4 rings (SSSR count). The lowest BCUT2D eigenvalue weighted by atomic mass is 10.1. The van der Waals surface area contributed by atoms with Crippen LogP contribution in [0.3, 0.4) is 0 Å². The fraction of sp³-hybridized carbons (Fsp3) is 0.381. The standard InChI is InChI=1S/C21H23N3O4/c1-14-5-6-16(15(2)12-14)24-19(25)13-17(20(24)26)22-7-9-23(10-8-22)21(27)18-4-3-11-28-18/h3-6,11-12,17H,7-10,13H2,1-2H3/t17-/m1/s1. The second kappa shape index (κ2) is 7.24. The maximum atomic E-state index is 13.0. The van der Waals surface area contributed by atoms with Gasteiger partial charge in [0.2, 0.25) is 5.91 Å². The van der Waals surface area contributed by atoms with Gasteiger partial charge in [-0.25, -0.2) is 4.90 Å². The van der Waals surface area contributed by atoms with Crippen LogP contribution >= 0.6 is 0 Å². The average Bonchev–Trinajstić information content (AvgIpc) is 3.31. The van der Waals surface area contributed by atoms with E-state index in [2.05, 4.69) is 0 Å². The number of rotatable bonds is 3. The summed E-state index contributed by atoms with van der Waals surface area (Å²) in [6.07, 6.45) is 1.66. The fourth-order valence-electron chi connectivity index (χ4n) is 4.00. The fourth-order valence-corrected chi connectivity index (χ4v) is 4.00. The van der Waals surface area contributed by atoms with Crippen molar-refractivity contribution in [1.29, 1.82) is 0 Å². The molecular formula is C21H23N3O4. The van der Waals surface area contributed by atoms with E-state index >= 15 is 0 Å². The molecule has 0 N–H and O–H groups in total. The summed E-state index contributed by atoms with van der Waals surface area (Å²) in [4.78, 5) is 43.1. The third-order valence-electron chi connectivity index (χ3n) is 5.49. The summed E-state index contributed by atoms with van der Waals surface area (Å²) < 4.78 is 5.18. The summed E-state index contributed by atoms with van der Waals surface area (Å²) in [6, 6.07) is 8.60. The topological polar surface area (TPSA) is 74.1 Å². The van der Waals surface area contributed by atoms with Crippen molar-refractivity contribution in [3.8, 4) is 0 Å². The molecule has 0 bridgehead atoms. The highest BCUT2D eigenvalue weighted by Crippen LogP contribution is 2.29. The number of hydrogen-bond donors (Lipinski definition) is 0. The molecule has 2 aliphatic heterocycles. The average molecular weight is 381 g/mol. The van der Waals surface area contributed by atoms with Crippen molar-refractivity contribution >= 4 is 23.4 Å². The van der Waals surface area contributed by atoms with Gasteiger partial charge in [-0.1, -0.05) is 17.7 Å². The molecule has 0 aliphatic carbocycles. The molecule has 1 atom stereocenters. The van der Waals surface area contributed by atoms with Crippen LogP contribution in [-0.4, -0.2) is 59.7 Å². The van der Waals surface area contributed by atoms with Gasteiger partial charge in [0.15, 0.2) is 5.76 Å². The Balaban J connectivity index is 1.44. The zero-order chi connectivity index (χ0) is 19.8. The van der Waals surface area contributed by atoms with Gasteiger partial charge in [0.25, 0.3) is 11.8 Å². The van der Waals surface area contributed by atoms with Crippen LogP contribution in [0.15, 0.2) is 41.0 Å². The molecule has 3 heterocycles. The number of amides is 3. The maximum absolute atomic E-state index is 13.0. The summed E-state index contributed by atoms with van der Waals surface area (Å²) in [6.45, 7) is 6.00. The lowest BCUT2D eigenvalue weighted by Crippen LogP contribution is -2.53. The molecule has 0 radical (unpaired) electrons. The first-order valence-electron chi connectivity index (χ1n) is 9.46. The first kappa shape index (κ1) is 18.4. The van der Waals surface area contributed by atoms with Gasteiger partial charge >= 0.3 is 0 Å². The summed E-state index contributed by atoms with van der Waals surface area (Å²) in [5.41, 5.74) is 2.67. The smallest absolute Gasteiger partial charge is 0.289 e. The third kappa shape index (κ3) is 3.22. The molecule has 2 aromatic rings. The van der Waals surface area contributed by atoms with Gasteiger partial charge in [0, 0.05) is 26.2 Å². The van der Waals surface area contributed by atoms with Crippen LogP contribution in [0.2, 0.25) is 0 Å². The van der Waals surface area contributed by atoms with Crippen molar-refractivity contribution < 1.29 is 18.8 Å². The zero-order valence-corrected chi connectivity index (χ0v) is 16.1. The van der Waals surface area contributed by atoms with Gasteiger partial charge in [-0.2, -0.15) is 0 Å². The lowest BCUT2D eigenvalue weighted by Gasteiger charge is -2.36. The van der Waals surface area contributed by atoms with Crippen LogP contribution in [0.5, 0.6) is 0 Å². The molecule has 2 aliphatic rings. The van der Waals surface area contributed by atoms with Crippen LogP contribution in [-0.2, 0) is 9.59 Å². The highest BCUT2D eigenvalue weighted by Gasteiger charge is 2.44. The first-order valence-corrected chi connectivity index (χ1v) is 9.46. The van der Waals surface area contributed by atoms with Gasteiger partial charge in [0.1, 0.15) is 0 Å². The third-order valence-corrected chi connectivity index (χ3v) is 5.49. The number of piperazine rings is 1. The minimum atomic E-state index is -0.464. The Morgan fingerprint density at radius 2 is 1.82 bits per heavy atom. The molecule has 0 unspecified atom stereocenters. The van der Waals surface area contributed by atoms with E-state index in [1.165, 1.54) is 11.2 Å². The number of nitrogens with zero attached hydrogens (tertiary/aromatic N) is 3. The minimum absolute atomic E-state index is 0.143. The van der Waals surface area contributed by atoms with Crippen LogP contribution in [0, 0.1) is 13.8 Å². The van der Waals surface area contributed by atoms with Gasteiger partial charge < -0.3 is 9.32 Å². The zero-order valence-electron chi connectivity index (χ0n) is 16.1. The second-order valence-corrected chi connectivity index (χ2v) is 7.38. The predicted molar refractivity (Wildman–Crippen MR) is 103 cm³/mol. The Morgan fingerprint density at radius 1 is 1.07 bits per heavy atom. The van der Waals surface area contributed by atoms with Gasteiger partial charge in [-0.3, -0.25) is 19.3 Å². The molecule has 2 saturated heterocycles. The molecule has 7 nitrogen and oxygen atoms in total. The summed E-state index contributed by atoms with van der Waals surface area (Å²) in [5.74, 6) is -0.171. The van der Waals surface area contributed by atoms with Crippen molar-refractivity contribution in [3.05, 3.63) is 53.5 Å². The highest BCUT2D eigenvalue weighted by atomic mass is 16.3. The normalized spacial score (nSPS) is 20.9. The van der Waals surface area contributed by atoms with E-state index in [-0.39, 0.29) is 24.1 Å². The Labute approximate surface area is 163 Å².